The summed E-state index contributed by atoms with van der Waals surface area (Å²) in [4.78, 5) is 21.3. The quantitative estimate of drug-likeness (QED) is 0.540. The topological polar surface area (TPSA) is 60.0 Å². The maximum atomic E-state index is 14.3. The molecule has 1 aliphatic heterocycles. The summed E-state index contributed by atoms with van der Waals surface area (Å²) in [6.45, 7) is 11.2. The molecule has 0 aromatic heterocycles. The van der Waals surface area contributed by atoms with E-state index in [-0.39, 0.29) is 23.2 Å². The third-order valence-electron chi connectivity index (χ3n) is 5.65. The number of halogens is 1. The summed E-state index contributed by atoms with van der Waals surface area (Å²) in [7, 11) is 0. The minimum Gasteiger partial charge on any atom is -0.357 e. The number of piperazine rings is 1. The summed E-state index contributed by atoms with van der Waals surface area (Å²) >= 11 is 0. The van der Waals surface area contributed by atoms with Gasteiger partial charge in [-0.15, -0.1) is 0 Å². The molecule has 160 valence electrons. The molecule has 3 rings (SSSR count). The summed E-state index contributed by atoms with van der Waals surface area (Å²) in [5, 5.41) is 6.33. The van der Waals surface area contributed by atoms with E-state index < -0.39 is 0 Å². The van der Waals surface area contributed by atoms with Crippen LogP contribution in [0.25, 0.3) is 0 Å². The highest BCUT2D eigenvalue weighted by Crippen LogP contribution is 2.49. The van der Waals surface area contributed by atoms with E-state index in [1.54, 1.807) is 12.1 Å². The fourth-order valence-electron chi connectivity index (χ4n) is 3.90. The number of carbonyl (C=O) groups excluding carboxylic acids is 1. The van der Waals surface area contributed by atoms with Crippen molar-refractivity contribution in [2.24, 2.45) is 4.99 Å². The van der Waals surface area contributed by atoms with Gasteiger partial charge < -0.3 is 15.5 Å². The number of benzene rings is 1. The molecule has 0 atom stereocenters. The van der Waals surface area contributed by atoms with Gasteiger partial charge in [-0.1, -0.05) is 18.2 Å². The van der Waals surface area contributed by atoms with E-state index in [0.29, 0.717) is 13.1 Å². The van der Waals surface area contributed by atoms with E-state index in [4.69, 9.17) is 4.99 Å². The van der Waals surface area contributed by atoms with Crippen LogP contribution in [-0.2, 0) is 10.2 Å². The second-order valence-electron chi connectivity index (χ2n) is 8.42. The van der Waals surface area contributed by atoms with E-state index in [1.807, 2.05) is 26.0 Å². The molecule has 1 aliphatic carbocycles. The Kier molecular flexibility index (Phi) is 7.11. The number of rotatable bonds is 7. The van der Waals surface area contributed by atoms with Crippen LogP contribution >= 0.6 is 0 Å². The summed E-state index contributed by atoms with van der Waals surface area (Å²) in [5.74, 6) is 0.842. The van der Waals surface area contributed by atoms with Crippen LogP contribution in [0.1, 0.15) is 39.2 Å². The molecule has 2 fully saturated rings. The fourth-order valence-corrected chi connectivity index (χ4v) is 3.90. The Morgan fingerprint density at radius 1 is 1.21 bits per heavy atom. The van der Waals surface area contributed by atoms with Crippen LogP contribution < -0.4 is 10.6 Å². The molecule has 2 aliphatic rings. The van der Waals surface area contributed by atoms with Gasteiger partial charge in [0.05, 0.1) is 13.1 Å². The smallest absolute Gasteiger partial charge is 0.234 e. The van der Waals surface area contributed by atoms with Crippen molar-refractivity contribution in [1.29, 1.82) is 0 Å². The van der Waals surface area contributed by atoms with Crippen LogP contribution in [0.3, 0.4) is 0 Å². The van der Waals surface area contributed by atoms with Crippen molar-refractivity contribution in [2.45, 2.75) is 45.1 Å². The number of nitrogens with one attached hydrogen (secondary N) is 2. The number of amides is 1. The number of carbonyl (C=O) groups is 1. The van der Waals surface area contributed by atoms with Gasteiger partial charge >= 0.3 is 0 Å². The van der Waals surface area contributed by atoms with Gasteiger partial charge in [0.2, 0.25) is 5.91 Å². The Hall–Kier alpha value is -2.15. The fraction of sp³-hybridized carbons (Fsp3) is 0.636. The normalized spacial score (nSPS) is 19.3. The highest BCUT2D eigenvalue weighted by atomic mass is 19.1. The first-order chi connectivity index (χ1) is 13.9. The molecule has 1 heterocycles. The van der Waals surface area contributed by atoms with Crippen molar-refractivity contribution in [1.82, 2.24) is 20.4 Å². The van der Waals surface area contributed by atoms with E-state index in [1.165, 1.54) is 0 Å². The Labute approximate surface area is 173 Å². The molecule has 1 aromatic carbocycles. The second kappa shape index (κ2) is 9.57. The van der Waals surface area contributed by atoms with Crippen LogP contribution in [-0.4, -0.2) is 73.5 Å². The molecule has 1 saturated heterocycles. The van der Waals surface area contributed by atoms with Crippen LogP contribution in [0, 0.1) is 5.82 Å². The molecule has 2 N–H and O–H groups in total. The van der Waals surface area contributed by atoms with E-state index in [0.717, 1.165) is 57.1 Å². The average Bonchev–Trinajstić information content (AvgIpc) is 3.46. The number of hydrogen-bond donors (Lipinski definition) is 2. The highest BCUT2D eigenvalue weighted by molar-refractivity contribution is 5.80. The summed E-state index contributed by atoms with van der Waals surface area (Å²) < 4.78 is 14.3. The van der Waals surface area contributed by atoms with Crippen LogP contribution in [0.5, 0.6) is 0 Å². The molecule has 29 heavy (non-hydrogen) atoms. The Morgan fingerprint density at radius 3 is 2.48 bits per heavy atom. The van der Waals surface area contributed by atoms with Gasteiger partial charge in [0.15, 0.2) is 5.96 Å². The Morgan fingerprint density at radius 2 is 1.90 bits per heavy atom. The maximum absolute atomic E-state index is 14.3. The molecule has 7 heteroatoms. The van der Waals surface area contributed by atoms with Crippen LogP contribution in [0.15, 0.2) is 29.3 Å². The van der Waals surface area contributed by atoms with Gasteiger partial charge in [-0.25, -0.2) is 4.39 Å². The lowest BCUT2D eigenvalue weighted by Crippen LogP contribution is -2.54. The number of guanidine groups is 1. The lowest BCUT2D eigenvalue weighted by molar-refractivity contribution is -0.123. The van der Waals surface area contributed by atoms with Crippen molar-refractivity contribution in [2.75, 3.05) is 45.8 Å². The van der Waals surface area contributed by atoms with Crippen molar-refractivity contribution in [3.05, 3.63) is 35.6 Å². The first-order valence-corrected chi connectivity index (χ1v) is 10.7. The predicted octanol–water partition coefficient (Wildman–Crippen LogP) is 1.97. The van der Waals surface area contributed by atoms with Crippen LogP contribution in [0.4, 0.5) is 4.39 Å². The second-order valence-corrected chi connectivity index (χ2v) is 8.42. The Balaban J connectivity index is 1.58. The Bertz CT molecular complexity index is 724. The zero-order valence-corrected chi connectivity index (χ0v) is 17.9. The lowest BCUT2D eigenvalue weighted by atomic mass is 9.95. The van der Waals surface area contributed by atoms with Gasteiger partial charge in [-0.2, -0.15) is 0 Å². The van der Waals surface area contributed by atoms with Gasteiger partial charge in [0.1, 0.15) is 5.82 Å². The summed E-state index contributed by atoms with van der Waals surface area (Å²) in [6, 6.07) is 7.25. The molecular formula is C22H34FN5O. The number of nitrogens with zero attached hydrogens (tertiary/aromatic N) is 3. The standard InChI is InChI=1S/C22H34FN5O/c1-4-24-21(25-16-22(9-10-22)18-7-5-6-8-19(18)23)28-13-11-27(12-14-28)15-20(29)26-17(2)3/h5-8,17H,4,9-16H2,1-3H3,(H,24,25)(H,26,29). The third kappa shape index (κ3) is 5.69. The van der Waals surface area contributed by atoms with Crippen molar-refractivity contribution in [3.63, 3.8) is 0 Å². The van der Waals surface area contributed by atoms with Crippen LogP contribution in [0.2, 0.25) is 0 Å². The molecular weight excluding hydrogens is 369 g/mol. The first-order valence-electron chi connectivity index (χ1n) is 10.7. The molecule has 6 nitrogen and oxygen atoms in total. The van der Waals surface area contributed by atoms with E-state index >= 15 is 0 Å². The van der Waals surface area contributed by atoms with E-state index in [9.17, 15) is 9.18 Å². The molecule has 1 amide bonds. The van der Waals surface area contributed by atoms with Gasteiger partial charge in [-0.05, 0) is 45.2 Å². The first kappa shape index (κ1) is 21.6. The monoisotopic (exact) mass is 403 g/mol. The molecule has 0 unspecified atom stereocenters. The largest absolute Gasteiger partial charge is 0.357 e. The molecule has 0 radical (unpaired) electrons. The average molecular weight is 404 g/mol. The van der Waals surface area contributed by atoms with Crippen molar-refractivity contribution >= 4 is 11.9 Å². The zero-order valence-electron chi connectivity index (χ0n) is 17.9. The third-order valence-corrected chi connectivity index (χ3v) is 5.65. The minimum atomic E-state index is -0.150. The molecule has 1 saturated carbocycles. The van der Waals surface area contributed by atoms with E-state index in [2.05, 4.69) is 27.4 Å². The van der Waals surface area contributed by atoms with Crippen molar-refractivity contribution < 1.29 is 9.18 Å². The number of hydrogen-bond acceptors (Lipinski definition) is 3. The van der Waals surface area contributed by atoms with Gasteiger partial charge in [0, 0.05) is 44.2 Å². The maximum Gasteiger partial charge on any atom is 0.234 e. The molecule has 0 bridgehead atoms. The lowest BCUT2D eigenvalue weighted by Gasteiger charge is -2.36. The van der Waals surface area contributed by atoms with Crippen molar-refractivity contribution in [3.8, 4) is 0 Å². The molecule has 0 spiro atoms. The minimum absolute atomic E-state index is 0.0783. The summed E-state index contributed by atoms with van der Waals surface area (Å²) in [6.07, 6.45) is 1.96. The molecule has 1 aromatic rings. The van der Waals surface area contributed by atoms with Gasteiger partial charge in [-0.3, -0.25) is 14.7 Å². The highest BCUT2D eigenvalue weighted by Gasteiger charge is 2.46. The SMILES string of the molecule is CCNC(=NCC1(c2ccccc2F)CC1)N1CCN(CC(=O)NC(C)C)CC1. The predicted molar refractivity (Wildman–Crippen MR) is 115 cm³/mol. The summed E-state index contributed by atoms with van der Waals surface area (Å²) in [5.41, 5.74) is 0.642. The zero-order chi connectivity index (χ0) is 20.9. The van der Waals surface area contributed by atoms with Gasteiger partial charge in [0.25, 0.3) is 0 Å². The number of aliphatic imine (C=N–C) groups is 1.